The molecule has 0 amide bonds. The Labute approximate surface area is 141 Å². The zero-order valence-electron chi connectivity index (χ0n) is 13.7. The number of ether oxygens (including phenoxy) is 2. The van der Waals surface area contributed by atoms with Gasteiger partial charge in [-0.25, -0.2) is 13.1 Å². The number of hydrogen-bond acceptors (Lipinski definition) is 5. The van der Waals surface area contributed by atoms with Crippen LogP contribution in [0.5, 0.6) is 11.5 Å². The molecule has 1 heterocycles. The zero-order valence-corrected chi connectivity index (χ0v) is 14.5. The fraction of sp³-hybridized carbons (Fsp3) is 0.438. The zero-order chi connectivity index (χ0) is 17.2. The van der Waals surface area contributed by atoms with Crippen LogP contribution in [0.3, 0.4) is 0 Å². The van der Waals surface area contributed by atoms with Crippen molar-refractivity contribution in [2.45, 2.75) is 36.6 Å². The van der Waals surface area contributed by atoms with Crippen molar-refractivity contribution >= 4 is 15.8 Å². The maximum absolute atomic E-state index is 12.8. The lowest BCUT2D eigenvalue weighted by Gasteiger charge is -2.16. The normalized spacial score (nSPS) is 15.4. The molecule has 0 bridgehead atoms. The molecule has 1 aliphatic carbocycles. The maximum atomic E-state index is 12.8. The minimum atomic E-state index is -3.83. The van der Waals surface area contributed by atoms with Crippen LogP contribution in [0.15, 0.2) is 35.4 Å². The lowest BCUT2D eigenvalue weighted by atomic mass is 10.2. The quantitative estimate of drug-likeness (QED) is 0.865. The van der Waals surface area contributed by atoms with Crippen molar-refractivity contribution < 1.29 is 17.9 Å². The van der Waals surface area contributed by atoms with Crippen molar-refractivity contribution in [1.82, 2.24) is 9.78 Å². The summed E-state index contributed by atoms with van der Waals surface area (Å²) in [4.78, 5) is 0.0310. The van der Waals surface area contributed by atoms with Gasteiger partial charge in [-0.3, -0.25) is 4.72 Å². The summed E-state index contributed by atoms with van der Waals surface area (Å²) in [6, 6.07) is 6.58. The molecular weight excluding hydrogens is 330 g/mol. The predicted molar refractivity (Wildman–Crippen MR) is 90.1 cm³/mol. The Balaban J connectivity index is 1.94. The molecule has 0 unspecified atom stereocenters. The fourth-order valence-corrected chi connectivity index (χ4v) is 4.26. The topological polar surface area (TPSA) is 82.4 Å². The molecule has 2 aromatic rings. The first-order valence-corrected chi connectivity index (χ1v) is 9.32. The van der Waals surface area contributed by atoms with E-state index in [0.717, 1.165) is 25.7 Å². The molecule has 7 nitrogen and oxygen atoms in total. The second kappa shape index (κ2) is 6.72. The van der Waals surface area contributed by atoms with Crippen LogP contribution in [0.1, 0.15) is 31.7 Å². The molecule has 0 saturated heterocycles. The number of nitrogens with zero attached hydrogens (tertiary/aromatic N) is 2. The van der Waals surface area contributed by atoms with Crippen molar-refractivity contribution in [2.24, 2.45) is 0 Å². The Morgan fingerprint density at radius 3 is 2.58 bits per heavy atom. The van der Waals surface area contributed by atoms with Crippen LogP contribution in [0.25, 0.3) is 0 Å². The Bertz CT molecular complexity index is 810. The number of hydrogen-bond donors (Lipinski definition) is 1. The van der Waals surface area contributed by atoms with Gasteiger partial charge in [0.2, 0.25) is 0 Å². The van der Waals surface area contributed by atoms with Crippen LogP contribution >= 0.6 is 0 Å². The first-order chi connectivity index (χ1) is 11.5. The van der Waals surface area contributed by atoms with Gasteiger partial charge in [-0.15, -0.1) is 0 Å². The van der Waals surface area contributed by atoms with Crippen molar-refractivity contribution in [2.75, 3.05) is 18.9 Å². The summed E-state index contributed by atoms with van der Waals surface area (Å²) < 4.78 is 40.3. The molecular formula is C16H21N3O4S. The molecule has 1 aromatic heterocycles. The van der Waals surface area contributed by atoms with Gasteiger partial charge in [0.05, 0.1) is 26.5 Å². The molecule has 0 spiro atoms. The summed E-state index contributed by atoms with van der Waals surface area (Å²) in [7, 11) is -0.905. The molecule has 0 atom stereocenters. The molecule has 1 aromatic carbocycles. The third kappa shape index (κ3) is 3.19. The molecule has 8 heteroatoms. The van der Waals surface area contributed by atoms with Gasteiger partial charge >= 0.3 is 0 Å². The number of rotatable bonds is 6. The molecule has 0 radical (unpaired) electrons. The minimum Gasteiger partial charge on any atom is -0.497 e. The van der Waals surface area contributed by atoms with Crippen LogP contribution in [-0.4, -0.2) is 32.4 Å². The van der Waals surface area contributed by atoms with E-state index in [9.17, 15) is 8.42 Å². The van der Waals surface area contributed by atoms with Crippen LogP contribution in [0.2, 0.25) is 0 Å². The summed E-state index contributed by atoms with van der Waals surface area (Å²) in [5, 5.41) is 4.29. The highest BCUT2D eigenvalue weighted by atomic mass is 32.2. The molecule has 1 fully saturated rings. The van der Waals surface area contributed by atoms with Crippen molar-refractivity contribution in [3.05, 3.63) is 30.5 Å². The second-order valence-electron chi connectivity index (χ2n) is 5.72. The maximum Gasteiger partial charge on any atom is 0.266 e. The summed E-state index contributed by atoms with van der Waals surface area (Å²) >= 11 is 0. The van der Waals surface area contributed by atoms with E-state index in [1.807, 2.05) is 0 Å². The van der Waals surface area contributed by atoms with Crippen LogP contribution < -0.4 is 14.2 Å². The Kier molecular flexibility index (Phi) is 4.66. The van der Waals surface area contributed by atoms with Gasteiger partial charge in [0.1, 0.15) is 22.2 Å². The van der Waals surface area contributed by atoms with E-state index in [0.29, 0.717) is 11.6 Å². The highest BCUT2D eigenvalue weighted by Gasteiger charge is 2.25. The molecule has 3 rings (SSSR count). The predicted octanol–water partition coefficient (Wildman–Crippen LogP) is 2.82. The average molecular weight is 351 g/mol. The molecule has 1 aliphatic rings. The molecule has 1 saturated carbocycles. The van der Waals surface area contributed by atoms with Gasteiger partial charge in [0.15, 0.2) is 0 Å². The summed E-state index contributed by atoms with van der Waals surface area (Å²) in [6.45, 7) is 0. The smallest absolute Gasteiger partial charge is 0.266 e. The first kappa shape index (κ1) is 16.6. The highest BCUT2D eigenvalue weighted by molar-refractivity contribution is 7.92. The number of nitrogens with one attached hydrogen (secondary N) is 1. The molecule has 1 N–H and O–H groups in total. The fourth-order valence-electron chi connectivity index (χ4n) is 3.02. The van der Waals surface area contributed by atoms with E-state index in [1.165, 1.54) is 20.3 Å². The van der Waals surface area contributed by atoms with Crippen molar-refractivity contribution in [1.29, 1.82) is 0 Å². The number of sulfonamides is 1. The SMILES string of the molecule is COc1ccc(OC)c(S(=O)(=O)Nc2ccnn2C2CCCC2)c1. The molecule has 130 valence electrons. The third-order valence-electron chi connectivity index (χ3n) is 4.24. The Morgan fingerprint density at radius 1 is 1.17 bits per heavy atom. The Hall–Kier alpha value is -2.22. The van der Waals surface area contributed by atoms with Gasteiger partial charge in [-0.2, -0.15) is 5.10 Å². The lowest BCUT2D eigenvalue weighted by molar-refractivity contribution is 0.392. The monoisotopic (exact) mass is 351 g/mol. The third-order valence-corrected chi connectivity index (χ3v) is 5.62. The molecule has 0 aliphatic heterocycles. The largest absolute Gasteiger partial charge is 0.497 e. The van der Waals surface area contributed by atoms with Crippen LogP contribution in [0.4, 0.5) is 5.82 Å². The number of aromatic nitrogens is 2. The van der Waals surface area contributed by atoms with Crippen molar-refractivity contribution in [3.63, 3.8) is 0 Å². The summed E-state index contributed by atoms with van der Waals surface area (Å²) in [5.41, 5.74) is 0. The van der Waals surface area contributed by atoms with Gasteiger partial charge in [0.25, 0.3) is 10.0 Å². The van der Waals surface area contributed by atoms with E-state index in [1.54, 1.807) is 29.1 Å². The van der Waals surface area contributed by atoms with Crippen molar-refractivity contribution in [3.8, 4) is 11.5 Å². The minimum absolute atomic E-state index is 0.0310. The van der Waals surface area contributed by atoms with E-state index >= 15 is 0 Å². The van der Waals surface area contributed by atoms with E-state index in [2.05, 4.69) is 9.82 Å². The van der Waals surface area contributed by atoms with Gasteiger partial charge in [-0.1, -0.05) is 12.8 Å². The summed E-state index contributed by atoms with van der Waals surface area (Å²) in [5.74, 6) is 1.17. The van der Waals surface area contributed by atoms with E-state index in [-0.39, 0.29) is 16.7 Å². The van der Waals surface area contributed by atoms with E-state index in [4.69, 9.17) is 9.47 Å². The Morgan fingerprint density at radius 2 is 1.92 bits per heavy atom. The lowest BCUT2D eigenvalue weighted by Crippen LogP contribution is -2.18. The first-order valence-electron chi connectivity index (χ1n) is 7.83. The number of anilines is 1. The van der Waals surface area contributed by atoms with E-state index < -0.39 is 10.0 Å². The standard InChI is InChI=1S/C16H21N3O4S/c1-22-13-7-8-14(23-2)15(11-13)24(20,21)18-16-9-10-17-19(16)12-5-3-4-6-12/h7-12,18H,3-6H2,1-2H3. The average Bonchev–Trinajstić information content (AvgIpc) is 3.25. The summed E-state index contributed by atoms with van der Waals surface area (Å²) in [6.07, 6.45) is 5.91. The number of benzene rings is 1. The van der Waals surface area contributed by atoms with Gasteiger partial charge in [-0.05, 0) is 25.0 Å². The molecule has 24 heavy (non-hydrogen) atoms. The second-order valence-corrected chi connectivity index (χ2v) is 7.37. The van der Waals surface area contributed by atoms with Crippen LogP contribution in [-0.2, 0) is 10.0 Å². The highest BCUT2D eigenvalue weighted by Crippen LogP contribution is 2.33. The van der Waals surface area contributed by atoms with Gasteiger partial charge in [0, 0.05) is 12.1 Å². The van der Waals surface area contributed by atoms with Gasteiger partial charge < -0.3 is 9.47 Å². The van der Waals surface area contributed by atoms with Crippen LogP contribution in [0, 0.1) is 0 Å². The number of methoxy groups -OCH3 is 2.